The van der Waals surface area contributed by atoms with Crippen LogP contribution < -0.4 is 11.1 Å². The fourth-order valence-corrected chi connectivity index (χ4v) is 2.98. The van der Waals surface area contributed by atoms with Gasteiger partial charge in [-0.25, -0.2) is 0 Å². The fraction of sp³-hybridized carbons (Fsp3) is 0.923. The van der Waals surface area contributed by atoms with Crippen LogP contribution in [0.3, 0.4) is 0 Å². The second kappa shape index (κ2) is 5.83. The Labute approximate surface area is 105 Å². The van der Waals surface area contributed by atoms with Crippen LogP contribution in [0.25, 0.3) is 0 Å². The van der Waals surface area contributed by atoms with Crippen LogP contribution in [0.2, 0.25) is 0 Å². The molecule has 0 saturated heterocycles. The first-order valence-corrected chi connectivity index (χ1v) is 6.61. The maximum absolute atomic E-state index is 11.9. The van der Waals surface area contributed by atoms with Crippen LogP contribution in [0.4, 0.5) is 0 Å². The van der Waals surface area contributed by atoms with Crippen molar-refractivity contribution < 1.29 is 4.79 Å². The van der Waals surface area contributed by atoms with Gasteiger partial charge in [0.1, 0.15) is 5.54 Å². The average molecular weight is 241 g/mol. The molecular weight excluding hydrogens is 214 g/mol. The Kier molecular flexibility index (Phi) is 4.95. The number of carbonyl (C=O) groups excluding carboxylic acids is 1. The molecule has 0 bridgehead atoms. The molecule has 1 aliphatic rings. The van der Waals surface area contributed by atoms with Crippen LogP contribution in [0.1, 0.15) is 39.5 Å². The second-order valence-corrected chi connectivity index (χ2v) is 5.82. The van der Waals surface area contributed by atoms with Gasteiger partial charge < -0.3 is 16.0 Å². The van der Waals surface area contributed by atoms with Crippen LogP contribution in [0, 0.1) is 5.92 Å². The molecule has 3 N–H and O–H groups in total. The molecule has 0 aliphatic heterocycles. The van der Waals surface area contributed by atoms with Gasteiger partial charge in [0.15, 0.2) is 0 Å². The van der Waals surface area contributed by atoms with Gasteiger partial charge in [-0.3, -0.25) is 4.79 Å². The SMILES string of the molecule is CC(C)NC1(C(N)=O)CCCC1CCN(C)C. The minimum Gasteiger partial charge on any atom is -0.368 e. The summed E-state index contributed by atoms with van der Waals surface area (Å²) in [5.74, 6) is 0.206. The first-order valence-electron chi connectivity index (χ1n) is 6.61. The van der Waals surface area contributed by atoms with Crippen LogP contribution in [0.15, 0.2) is 0 Å². The van der Waals surface area contributed by atoms with Crippen LogP contribution in [-0.2, 0) is 4.79 Å². The zero-order valence-corrected chi connectivity index (χ0v) is 11.6. The summed E-state index contributed by atoms with van der Waals surface area (Å²) >= 11 is 0. The Morgan fingerprint density at radius 3 is 2.65 bits per heavy atom. The monoisotopic (exact) mass is 241 g/mol. The van der Waals surface area contributed by atoms with Crippen molar-refractivity contribution in [2.45, 2.75) is 51.1 Å². The molecule has 2 atom stereocenters. The molecule has 0 heterocycles. The molecule has 0 aromatic rings. The lowest BCUT2D eigenvalue weighted by molar-refractivity contribution is -0.126. The van der Waals surface area contributed by atoms with E-state index in [0.29, 0.717) is 12.0 Å². The fourth-order valence-electron chi connectivity index (χ4n) is 2.98. The predicted octanol–water partition coefficient (Wildman–Crippen LogP) is 0.960. The van der Waals surface area contributed by atoms with Gasteiger partial charge in [-0.1, -0.05) is 6.42 Å². The summed E-state index contributed by atoms with van der Waals surface area (Å²) < 4.78 is 0. The second-order valence-electron chi connectivity index (χ2n) is 5.82. The van der Waals surface area contributed by atoms with E-state index in [1.165, 1.54) is 0 Å². The molecule has 4 nitrogen and oxygen atoms in total. The number of primary amides is 1. The molecule has 0 radical (unpaired) electrons. The molecule has 1 aliphatic carbocycles. The van der Waals surface area contributed by atoms with Crippen molar-refractivity contribution in [1.82, 2.24) is 10.2 Å². The lowest BCUT2D eigenvalue weighted by Gasteiger charge is -2.36. The molecule has 100 valence electrons. The standard InChI is InChI=1S/C13H27N3O/c1-10(2)15-13(12(14)17)8-5-6-11(13)7-9-16(3)4/h10-11,15H,5-9H2,1-4H3,(H2,14,17). The van der Waals surface area contributed by atoms with E-state index < -0.39 is 5.54 Å². The van der Waals surface area contributed by atoms with E-state index in [1.807, 2.05) is 0 Å². The maximum Gasteiger partial charge on any atom is 0.238 e. The largest absolute Gasteiger partial charge is 0.368 e. The number of amides is 1. The van der Waals surface area contributed by atoms with Crippen LogP contribution in [-0.4, -0.2) is 43.0 Å². The Balaban J connectivity index is 2.75. The van der Waals surface area contributed by atoms with E-state index in [2.05, 4.69) is 38.2 Å². The van der Waals surface area contributed by atoms with Crippen molar-refractivity contribution in [3.63, 3.8) is 0 Å². The first-order chi connectivity index (χ1) is 7.88. The lowest BCUT2D eigenvalue weighted by Crippen LogP contribution is -2.60. The maximum atomic E-state index is 11.9. The van der Waals surface area contributed by atoms with Gasteiger partial charge in [-0.15, -0.1) is 0 Å². The Bertz CT molecular complexity index is 265. The van der Waals surface area contributed by atoms with Crippen molar-refractivity contribution >= 4 is 5.91 Å². The number of rotatable bonds is 6. The van der Waals surface area contributed by atoms with E-state index in [-0.39, 0.29) is 5.91 Å². The number of nitrogens with two attached hydrogens (primary N) is 1. The number of nitrogens with one attached hydrogen (secondary N) is 1. The van der Waals surface area contributed by atoms with Crippen molar-refractivity contribution in [3.8, 4) is 0 Å². The third-order valence-electron chi connectivity index (χ3n) is 3.73. The van der Waals surface area contributed by atoms with Gasteiger partial charge in [0, 0.05) is 6.04 Å². The molecule has 1 amide bonds. The summed E-state index contributed by atoms with van der Waals surface area (Å²) in [6, 6.07) is 0.294. The first kappa shape index (κ1) is 14.5. The normalized spacial score (nSPS) is 29.2. The number of carbonyl (C=O) groups is 1. The van der Waals surface area contributed by atoms with Crippen molar-refractivity contribution in [2.75, 3.05) is 20.6 Å². The quantitative estimate of drug-likeness (QED) is 0.728. The smallest absolute Gasteiger partial charge is 0.238 e. The summed E-state index contributed by atoms with van der Waals surface area (Å²) in [6.07, 6.45) is 4.13. The average Bonchev–Trinajstić information content (AvgIpc) is 2.58. The Morgan fingerprint density at radius 1 is 1.53 bits per heavy atom. The highest BCUT2D eigenvalue weighted by atomic mass is 16.1. The van der Waals surface area contributed by atoms with E-state index in [9.17, 15) is 4.79 Å². The van der Waals surface area contributed by atoms with Gasteiger partial charge in [0.25, 0.3) is 0 Å². The van der Waals surface area contributed by atoms with E-state index >= 15 is 0 Å². The van der Waals surface area contributed by atoms with E-state index in [1.54, 1.807) is 0 Å². The number of hydrogen-bond acceptors (Lipinski definition) is 3. The molecule has 1 saturated carbocycles. The lowest BCUT2D eigenvalue weighted by atomic mass is 9.83. The number of nitrogens with zero attached hydrogens (tertiary/aromatic N) is 1. The zero-order valence-electron chi connectivity index (χ0n) is 11.6. The van der Waals surface area contributed by atoms with Gasteiger partial charge >= 0.3 is 0 Å². The third-order valence-corrected chi connectivity index (χ3v) is 3.73. The predicted molar refractivity (Wildman–Crippen MR) is 70.7 cm³/mol. The minimum absolute atomic E-state index is 0.174. The molecule has 17 heavy (non-hydrogen) atoms. The highest BCUT2D eigenvalue weighted by Crippen LogP contribution is 2.38. The molecule has 1 fully saturated rings. The Hall–Kier alpha value is -0.610. The van der Waals surface area contributed by atoms with Crippen molar-refractivity contribution in [2.24, 2.45) is 11.7 Å². The molecule has 0 aromatic heterocycles. The molecule has 2 unspecified atom stereocenters. The molecule has 1 rings (SSSR count). The van der Waals surface area contributed by atoms with E-state index in [4.69, 9.17) is 5.73 Å². The molecule has 0 aromatic carbocycles. The topological polar surface area (TPSA) is 58.4 Å². The van der Waals surface area contributed by atoms with Gasteiger partial charge in [0.2, 0.25) is 5.91 Å². The summed E-state index contributed by atoms with van der Waals surface area (Å²) in [7, 11) is 4.13. The van der Waals surface area contributed by atoms with Gasteiger partial charge in [0.05, 0.1) is 0 Å². The highest BCUT2D eigenvalue weighted by Gasteiger charge is 2.47. The highest BCUT2D eigenvalue weighted by molar-refractivity contribution is 5.85. The number of hydrogen-bond donors (Lipinski definition) is 2. The van der Waals surface area contributed by atoms with Crippen LogP contribution >= 0.6 is 0 Å². The summed E-state index contributed by atoms with van der Waals surface area (Å²) in [5, 5.41) is 3.44. The van der Waals surface area contributed by atoms with Gasteiger partial charge in [-0.05, 0) is 59.7 Å². The van der Waals surface area contributed by atoms with Crippen molar-refractivity contribution in [3.05, 3.63) is 0 Å². The molecule has 0 spiro atoms. The summed E-state index contributed by atoms with van der Waals surface area (Å²) in [6.45, 7) is 5.16. The van der Waals surface area contributed by atoms with Crippen LogP contribution in [0.5, 0.6) is 0 Å². The van der Waals surface area contributed by atoms with Crippen molar-refractivity contribution in [1.29, 1.82) is 0 Å². The third kappa shape index (κ3) is 3.42. The summed E-state index contributed by atoms with van der Waals surface area (Å²) in [5.41, 5.74) is 5.19. The summed E-state index contributed by atoms with van der Waals surface area (Å²) in [4.78, 5) is 14.0. The zero-order chi connectivity index (χ0) is 13.1. The Morgan fingerprint density at radius 2 is 2.18 bits per heavy atom. The van der Waals surface area contributed by atoms with Gasteiger partial charge in [-0.2, -0.15) is 0 Å². The molecule has 4 heteroatoms. The minimum atomic E-state index is -0.468. The van der Waals surface area contributed by atoms with E-state index in [0.717, 1.165) is 32.2 Å². The molecular formula is C13H27N3O.